The van der Waals surface area contributed by atoms with Gasteiger partial charge in [-0.15, -0.1) is 0 Å². The van der Waals surface area contributed by atoms with Crippen molar-refractivity contribution >= 4 is 17.9 Å². The Kier molecular flexibility index (Phi) is 7.89. The molecule has 0 amide bonds. The number of methoxy groups -OCH3 is 1. The lowest BCUT2D eigenvalue weighted by Gasteiger charge is -2.37. The highest BCUT2D eigenvalue weighted by atomic mass is 16.7. The van der Waals surface area contributed by atoms with Crippen LogP contribution < -0.4 is 0 Å². The summed E-state index contributed by atoms with van der Waals surface area (Å²) in [4.78, 5) is 37.9. The van der Waals surface area contributed by atoms with Crippen LogP contribution in [-0.2, 0) is 23.7 Å². The number of ether oxygens (including phenoxy) is 5. The standard InChI is InChI=1S/C28H24O8/c1-32-28(19-33-25(29)20-11-5-2-6-12-20)24(36-27(31)22-15-9-4-10-16-22)17-23(18-34-28)35-26(30)21-13-7-3-8-14-21/h2-17,23H,18-19H2,1H3/t23-,28+/m1/s1. The van der Waals surface area contributed by atoms with E-state index >= 15 is 0 Å². The van der Waals surface area contributed by atoms with Crippen LogP contribution in [-0.4, -0.2) is 50.1 Å². The van der Waals surface area contributed by atoms with Crippen LogP contribution in [0.1, 0.15) is 31.1 Å². The van der Waals surface area contributed by atoms with Crippen molar-refractivity contribution in [2.24, 2.45) is 0 Å². The molecule has 2 atom stereocenters. The van der Waals surface area contributed by atoms with Crippen LogP contribution in [0.3, 0.4) is 0 Å². The van der Waals surface area contributed by atoms with Crippen LogP contribution in [0.5, 0.6) is 0 Å². The molecule has 184 valence electrons. The summed E-state index contributed by atoms with van der Waals surface area (Å²) in [5.41, 5.74) is 0.975. The predicted molar refractivity (Wildman–Crippen MR) is 128 cm³/mol. The third kappa shape index (κ3) is 5.86. The third-order valence-corrected chi connectivity index (χ3v) is 5.41. The zero-order valence-electron chi connectivity index (χ0n) is 19.5. The quantitative estimate of drug-likeness (QED) is 0.344. The molecule has 4 rings (SSSR count). The van der Waals surface area contributed by atoms with E-state index in [2.05, 4.69) is 0 Å². The molecule has 0 fully saturated rings. The monoisotopic (exact) mass is 488 g/mol. The number of benzene rings is 3. The topological polar surface area (TPSA) is 97.4 Å². The van der Waals surface area contributed by atoms with Gasteiger partial charge >= 0.3 is 17.9 Å². The van der Waals surface area contributed by atoms with Crippen LogP contribution in [0, 0.1) is 0 Å². The van der Waals surface area contributed by atoms with E-state index in [-0.39, 0.29) is 17.9 Å². The Morgan fingerprint density at radius 3 is 1.81 bits per heavy atom. The zero-order valence-corrected chi connectivity index (χ0v) is 19.5. The number of esters is 3. The molecule has 0 radical (unpaired) electrons. The van der Waals surface area contributed by atoms with E-state index in [1.807, 2.05) is 0 Å². The van der Waals surface area contributed by atoms with Crippen molar-refractivity contribution in [3.63, 3.8) is 0 Å². The number of hydrogen-bond acceptors (Lipinski definition) is 8. The van der Waals surface area contributed by atoms with Crippen molar-refractivity contribution in [1.82, 2.24) is 0 Å². The van der Waals surface area contributed by atoms with Gasteiger partial charge in [0.05, 0.1) is 23.3 Å². The summed E-state index contributed by atoms with van der Waals surface area (Å²) in [6.07, 6.45) is 0.537. The minimum absolute atomic E-state index is 0.100. The highest BCUT2D eigenvalue weighted by molar-refractivity contribution is 5.91. The Labute approximate surface area is 208 Å². The van der Waals surface area contributed by atoms with Gasteiger partial charge in [-0.05, 0) is 36.4 Å². The molecule has 0 spiro atoms. The largest absolute Gasteiger partial charge is 0.456 e. The van der Waals surface area contributed by atoms with Gasteiger partial charge in [-0.3, -0.25) is 0 Å². The lowest BCUT2D eigenvalue weighted by molar-refractivity contribution is -0.246. The van der Waals surface area contributed by atoms with Gasteiger partial charge in [0, 0.05) is 13.2 Å². The van der Waals surface area contributed by atoms with Gasteiger partial charge in [0.2, 0.25) is 0 Å². The molecule has 3 aromatic rings. The highest BCUT2D eigenvalue weighted by Crippen LogP contribution is 2.31. The lowest BCUT2D eigenvalue weighted by Crippen LogP contribution is -2.49. The van der Waals surface area contributed by atoms with Gasteiger partial charge in [0.15, 0.2) is 12.4 Å². The molecule has 0 saturated carbocycles. The smallest absolute Gasteiger partial charge is 0.343 e. The Balaban J connectivity index is 1.57. The second kappa shape index (κ2) is 11.4. The summed E-state index contributed by atoms with van der Waals surface area (Å²) in [6, 6.07) is 25.2. The summed E-state index contributed by atoms with van der Waals surface area (Å²) in [6.45, 7) is -0.536. The Bertz CT molecular complexity index is 1220. The van der Waals surface area contributed by atoms with E-state index in [1.54, 1.807) is 91.0 Å². The average molecular weight is 488 g/mol. The Morgan fingerprint density at radius 2 is 1.28 bits per heavy atom. The Hall–Kier alpha value is -4.27. The molecule has 0 aromatic heterocycles. The van der Waals surface area contributed by atoms with E-state index in [1.165, 1.54) is 13.2 Å². The van der Waals surface area contributed by atoms with Crippen LogP contribution in [0.4, 0.5) is 0 Å². The van der Waals surface area contributed by atoms with Crippen LogP contribution in [0.25, 0.3) is 0 Å². The first-order chi connectivity index (χ1) is 17.5. The molecule has 1 heterocycles. The van der Waals surface area contributed by atoms with E-state index in [9.17, 15) is 14.4 Å². The first-order valence-electron chi connectivity index (χ1n) is 11.2. The van der Waals surface area contributed by atoms with E-state index in [0.29, 0.717) is 11.1 Å². The van der Waals surface area contributed by atoms with Crippen molar-refractivity contribution in [1.29, 1.82) is 0 Å². The molecule has 3 aromatic carbocycles. The minimum Gasteiger partial charge on any atom is -0.456 e. The van der Waals surface area contributed by atoms with E-state index in [0.717, 1.165) is 0 Å². The van der Waals surface area contributed by atoms with Crippen LogP contribution in [0.15, 0.2) is 103 Å². The van der Waals surface area contributed by atoms with Crippen LogP contribution >= 0.6 is 0 Å². The number of hydrogen-bond donors (Lipinski definition) is 0. The lowest BCUT2D eigenvalue weighted by atomic mass is 10.1. The van der Waals surface area contributed by atoms with E-state index < -0.39 is 36.4 Å². The molecular weight excluding hydrogens is 464 g/mol. The van der Waals surface area contributed by atoms with Gasteiger partial charge in [-0.25, -0.2) is 14.4 Å². The van der Waals surface area contributed by atoms with Crippen molar-refractivity contribution < 1.29 is 38.1 Å². The SMILES string of the molecule is CO[C@@]1(COC(=O)c2ccccc2)OC[C@H](OC(=O)c2ccccc2)C=C1OC(=O)c1ccccc1. The first-order valence-corrected chi connectivity index (χ1v) is 11.2. The maximum atomic E-state index is 12.8. The zero-order chi connectivity index (χ0) is 25.4. The first kappa shape index (κ1) is 24.8. The highest BCUT2D eigenvalue weighted by Gasteiger charge is 2.45. The van der Waals surface area contributed by atoms with Gasteiger partial charge in [0.25, 0.3) is 5.79 Å². The van der Waals surface area contributed by atoms with Gasteiger partial charge < -0.3 is 23.7 Å². The summed E-state index contributed by atoms with van der Waals surface area (Å²) >= 11 is 0. The second-order valence-electron chi connectivity index (χ2n) is 7.81. The molecule has 36 heavy (non-hydrogen) atoms. The minimum atomic E-state index is -1.73. The van der Waals surface area contributed by atoms with Crippen molar-refractivity contribution in [2.45, 2.75) is 11.9 Å². The normalized spacial score (nSPS) is 19.0. The molecule has 0 aliphatic carbocycles. The Morgan fingerprint density at radius 1 is 0.778 bits per heavy atom. The number of carbonyl (C=O) groups is 3. The maximum absolute atomic E-state index is 12.8. The predicted octanol–water partition coefficient (Wildman–Crippen LogP) is 4.18. The fraction of sp³-hybridized carbons (Fsp3) is 0.179. The molecule has 1 aliphatic rings. The molecule has 1 aliphatic heterocycles. The molecule has 8 nitrogen and oxygen atoms in total. The van der Waals surface area contributed by atoms with Crippen LogP contribution in [0.2, 0.25) is 0 Å². The second-order valence-corrected chi connectivity index (χ2v) is 7.81. The number of rotatable bonds is 8. The van der Waals surface area contributed by atoms with Crippen molar-refractivity contribution in [3.05, 3.63) is 120 Å². The van der Waals surface area contributed by atoms with Gasteiger partial charge in [0.1, 0.15) is 6.10 Å². The maximum Gasteiger partial charge on any atom is 0.343 e. The van der Waals surface area contributed by atoms with Gasteiger partial charge in [-0.2, -0.15) is 0 Å². The summed E-state index contributed by atoms with van der Waals surface area (Å²) in [7, 11) is 1.33. The molecule has 0 saturated heterocycles. The van der Waals surface area contributed by atoms with Crippen molar-refractivity contribution in [3.8, 4) is 0 Å². The summed E-state index contributed by atoms with van der Waals surface area (Å²) in [5.74, 6) is -3.70. The van der Waals surface area contributed by atoms with Gasteiger partial charge in [-0.1, -0.05) is 54.6 Å². The number of carbonyl (C=O) groups excluding carboxylic acids is 3. The fourth-order valence-corrected chi connectivity index (χ4v) is 3.47. The average Bonchev–Trinajstić information content (AvgIpc) is 2.94. The third-order valence-electron chi connectivity index (χ3n) is 5.41. The molecule has 0 bridgehead atoms. The molecular formula is C28H24O8. The summed E-state index contributed by atoms with van der Waals surface area (Å²) in [5, 5.41) is 0. The van der Waals surface area contributed by atoms with Crippen molar-refractivity contribution in [2.75, 3.05) is 20.3 Å². The van der Waals surface area contributed by atoms with E-state index in [4.69, 9.17) is 23.7 Å². The fourth-order valence-electron chi connectivity index (χ4n) is 3.47. The molecule has 8 heteroatoms. The molecule has 0 N–H and O–H groups in total. The summed E-state index contributed by atoms with van der Waals surface area (Å²) < 4.78 is 28.0. The molecule has 0 unspecified atom stereocenters.